The fraction of sp³-hybridized carbons (Fsp3) is 0.923. The highest BCUT2D eigenvalue weighted by Crippen LogP contribution is 2.76. The molecule has 1 saturated heterocycles. The van der Waals surface area contributed by atoms with Crippen LogP contribution in [0.25, 0.3) is 0 Å². The highest BCUT2D eigenvalue weighted by molar-refractivity contribution is 8.22. The Kier molecular flexibility index (Phi) is 2.44. The Morgan fingerprint density at radius 1 is 1.44 bits per heavy atom. The minimum absolute atomic E-state index is 0.0542. The second-order valence-electron chi connectivity index (χ2n) is 6.71. The molecule has 1 heterocycles. The summed E-state index contributed by atoms with van der Waals surface area (Å²) in [4.78, 5) is 12.1. The number of rotatable bonds is 1. The summed E-state index contributed by atoms with van der Waals surface area (Å²) in [6, 6.07) is 0.0590. The van der Waals surface area contributed by atoms with Crippen LogP contribution in [0.5, 0.6) is 0 Å². The predicted molar refractivity (Wildman–Crippen MR) is 72.2 cm³/mol. The van der Waals surface area contributed by atoms with Crippen molar-refractivity contribution in [2.24, 2.45) is 16.7 Å². The maximum Gasteiger partial charge on any atom is 0.240 e. The maximum absolute atomic E-state index is 12.1. The third-order valence-corrected chi connectivity index (χ3v) is 7.98. The zero-order chi connectivity index (χ0) is 13.3. The predicted octanol–water partition coefficient (Wildman–Crippen LogP) is 3.10. The zero-order valence-corrected chi connectivity index (χ0v) is 12.2. The van der Waals surface area contributed by atoms with E-state index in [1.807, 2.05) is 0 Å². The molecule has 0 unspecified atom stereocenters. The largest absolute Gasteiger partial charge is 0.282 e. The number of hydrogen-bond acceptors (Lipinski definition) is 3. The highest BCUT2D eigenvalue weighted by Gasteiger charge is 2.72. The van der Waals surface area contributed by atoms with Gasteiger partial charge in [-0.2, -0.15) is 0 Å². The minimum atomic E-state index is -2.89. The zero-order valence-electron chi connectivity index (χ0n) is 11.3. The van der Waals surface area contributed by atoms with Gasteiger partial charge in [-0.05, 0) is 30.6 Å². The van der Waals surface area contributed by atoms with Crippen molar-refractivity contribution in [2.45, 2.75) is 52.5 Å². The van der Waals surface area contributed by atoms with E-state index >= 15 is 0 Å². The molecular formula is C13H23NO3S. The molecule has 3 atom stereocenters. The van der Waals surface area contributed by atoms with Crippen molar-refractivity contribution < 1.29 is 13.9 Å². The topological polar surface area (TPSA) is 60.8 Å². The third-order valence-electron chi connectivity index (χ3n) is 5.99. The molecule has 0 aromatic rings. The standard InChI is InChI=1S/C13H23NO3S/c1-4-11(15)14-10-7-9-5-6-13(10,12(9,2)3)8-18(14,16)17/h9-10,16-17H,4-8H2,1-3H3/t9-,10-,13-/m0/s1. The number of nitrogens with zero attached hydrogens (tertiary/aromatic N) is 1. The number of carbonyl (C=O) groups excluding carboxylic acids is 1. The van der Waals surface area contributed by atoms with Crippen LogP contribution in [0.4, 0.5) is 0 Å². The lowest BCUT2D eigenvalue weighted by atomic mass is 9.69. The van der Waals surface area contributed by atoms with Crippen LogP contribution in [0.2, 0.25) is 0 Å². The summed E-state index contributed by atoms with van der Waals surface area (Å²) in [5.74, 6) is 0.935. The summed E-state index contributed by atoms with van der Waals surface area (Å²) in [5.41, 5.74) is 0.0749. The van der Waals surface area contributed by atoms with Crippen molar-refractivity contribution in [3.05, 3.63) is 0 Å². The normalized spacial score (nSPS) is 45.1. The molecule has 104 valence electrons. The second-order valence-corrected chi connectivity index (χ2v) is 8.66. The highest BCUT2D eigenvalue weighted by atomic mass is 32.3. The van der Waals surface area contributed by atoms with Crippen LogP contribution >= 0.6 is 10.8 Å². The van der Waals surface area contributed by atoms with Crippen LogP contribution in [-0.2, 0) is 4.79 Å². The summed E-state index contributed by atoms with van der Waals surface area (Å²) in [6.07, 6.45) is 3.52. The molecule has 0 aromatic carbocycles. The molecule has 3 aliphatic rings. The molecule has 0 aromatic heterocycles. The van der Waals surface area contributed by atoms with Gasteiger partial charge >= 0.3 is 0 Å². The van der Waals surface area contributed by atoms with Crippen molar-refractivity contribution in [2.75, 3.05) is 5.75 Å². The van der Waals surface area contributed by atoms with E-state index in [4.69, 9.17) is 0 Å². The first-order chi connectivity index (χ1) is 8.26. The smallest absolute Gasteiger partial charge is 0.240 e. The summed E-state index contributed by atoms with van der Waals surface area (Å²) in [5, 5.41) is 0. The molecule has 3 rings (SSSR count). The monoisotopic (exact) mass is 273 g/mol. The molecule has 0 radical (unpaired) electrons. The van der Waals surface area contributed by atoms with Crippen molar-refractivity contribution in [3.8, 4) is 0 Å². The van der Waals surface area contributed by atoms with Crippen molar-refractivity contribution >= 4 is 16.7 Å². The van der Waals surface area contributed by atoms with Crippen LogP contribution < -0.4 is 0 Å². The Labute approximate surface area is 110 Å². The van der Waals surface area contributed by atoms with Gasteiger partial charge in [-0.15, -0.1) is 10.8 Å². The van der Waals surface area contributed by atoms with Crippen molar-refractivity contribution in [1.29, 1.82) is 0 Å². The van der Waals surface area contributed by atoms with Crippen LogP contribution in [0, 0.1) is 16.7 Å². The van der Waals surface area contributed by atoms with Gasteiger partial charge in [0.15, 0.2) is 0 Å². The first-order valence-corrected chi connectivity index (χ1v) is 8.51. The molecule has 2 saturated carbocycles. The molecule has 4 nitrogen and oxygen atoms in total. The van der Waals surface area contributed by atoms with E-state index in [1.165, 1.54) is 10.7 Å². The third kappa shape index (κ3) is 1.23. The van der Waals surface area contributed by atoms with E-state index < -0.39 is 10.8 Å². The van der Waals surface area contributed by atoms with Crippen molar-refractivity contribution in [3.63, 3.8) is 0 Å². The number of hydrogen-bond donors (Lipinski definition) is 2. The van der Waals surface area contributed by atoms with Gasteiger partial charge < -0.3 is 0 Å². The van der Waals surface area contributed by atoms with Crippen LogP contribution in [0.3, 0.4) is 0 Å². The van der Waals surface area contributed by atoms with Gasteiger partial charge in [0.05, 0.1) is 11.8 Å². The van der Waals surface area contributed by atoms with E-state index in [0.717, 1.165) is 12.8 Å². The molecule has 1 amide bonds. The molecule has 1 spiro atoms. The van der Waals surface area contributed by atoms with E-state index in [9.17, 15) is 13.9 Å². The molecule has 1 aliphatic heterocycles. The first kappa shape index (κ1) is 12.8. The molecule has 2 N–H and O–H groups in total. The van der Waals surface area contributed by atoms with Gasteiger partial charge in [-0.3, -0.25) is 13.9 Å². The minimum Gasteiger partial charge on any atom is -0.282 e. The molecule has 3 fully saturated rings. The van der Waals surface area contributed by atoms with Crippen LogP contribution in [-0.4, -0.2) is 31.1 Å². The fourth-order valence-electron chi connectivity index (χ4n) is 4.81. The molecule has 2 bridgehead atoms. The van der Waals surface area contributed by atoms with Gasteiger partial charge in [0.1, 0.15) is 0 Å². The van der Waals surface area contributed by atoms with Crippen LogP contribution in [0.15, 0.2) is 0 Å². The Morgan fingerprint density at radius 3 is 2.67 bits per heavy atom. The SMILES string of the molecule is CCC(=O)N1[C@H]2C[C@@H]3CC[C@@]2(CS1(O)O)C3(C)C. The number of amides is 1. The van der Waals surface area contributed by atoms with E-state index in [2.05, 4.69) is 13.8 Å². The lowest BCUT2D eigenvalue weighted by Gasteiger charge is -2.40. The van der Waals surface area contributed by atoms with E-state index in [-0.39, 0.29) is 22.8 Å². The van der Waals surface area contributed by atoms with E-state index in [1.54, 1.807) is 6.92 Å². The fourth-order valence-corrected chi connectivity index (χ4v) is 7.50. The van der Waals surface area contributed by atoms with Gasteiger partial charge in [-0.1, -0.05) is 20.8 Å². The molecule has 2 aliphatic carbocycles. The first-order valence-electron chi connectivity index (χ1n) is 6.84. The second kappa shape index (κ2) is 3.44. The molecular weight excluding hydrogens is 250 g/mol. The Morgan fingerprint density at radius 2 is 2.11 bits per heavy atom. The van der Waals surface area contributed by atoms with Crippen molar-refractivity contribution in [1.82, 2.24) is 4.31 Å². The number of fused-ring (bicyclic) bond motifs is 1. The van der Waals surface area contributed by atoms with Gasteiger partial charge in [0.2, 0.25) is 5.91 Å². The Balaban J connectivity index is 2.05. The van der Waals surface area contributed by atoms with Gasteiger partial charge in [0, 0.05) is 11.8 Å². The summed E-state index contributed by atoms with van der Waals surface area (Å²) < 4.78 is 22.2. The summed E-state index contributed by atoms with van der Waals surface area (Å²) in [7, 11) is -2.89. The average Bonchev–Trinajstić information content (AvgIpc) is 2.74. The quantitative estimate of drug-likeness (QED) is 0.771. The van der Waals surface area contributed by atoms with Crippen LogP contribution in [0.1, 0.15) is 46.5 Å². The molecule has 18 heavy (non-hydrogen) atoms. The maximum atomic E-state index is 12.1. The number of carbonyl (C=O) groups is 1. The van der Waals surface area contributed by atoms with Gasteiger partial charge in [0.25, 0.3) is 0 Å². The lowest BCUT2D eigenvalue weighted by molar-refractivity contribution is -0.129. The lowest BCUT2D eigenvalue weighted by Crippen LogP contribution is -2.43. The summed E-state index contributed by atoms with van der Waals surface area (Å²) in [6.45, 7) is 6.29. The van der Waals surface area contributed by atoms with E-state index in [0.29, 0.717) is 18.1 Å². The Bertz CT molecular complexity index is 409. The Hall–Kier alpha value is -0.260. The summed E-state index contributed by atoms with van der Waals surface area (Å²) >= 11 is 0. The average molecular weight is 273 g/mol. The molecule has 5 heteroatoms. The van der Waals surface area contributed by atoms with Gasteiger partial charge in [-0.25, -0.2) is 4.31 Å².